The molecule has 0 unspecified atom stereocenters. The van der Waals surface area contributed by atoms with Crippen molar-refractivity contribution in [2.75, 3.05) is 12.4 Å². The second-order valence-corrected chi connectivity index (χ2v) is 4.02. The van der Waals surface area contributed by atoms with E-state index < -0.39 is 11.7 Å². The van der Waals surface area contributed by atoms with Crippen LogP contribution < -0.4 is 5.32 Å². The maximum atomic E-state index is 13.0. The zero-order valence-corrected chi connectivity index (χ0v) is 10.4. The number of aromatic nitrogens is 2. The SMILES string of the molecule is CNc1ncc(C)c(-c2ccccc2C(F)(F)F)n1. The predicted octanol–water partition coefficient (Wildman–Crippen LogP) is 3.51. The Kier molecular flexibility index (Phi) is 3.42. The lowest BCUT2D eigenvalue weighted by molar-refractivity contribution is -0.137. The van der Waals surface area contributed by atoms with E-state index in [0.29, 0.717) is 5.56 Å². The number of nitrogens with zero attached hydrogens (tertiary/aromatic N) is 2. The topological polar surface area (TPSA) is 37.8 Å². The first-order valence-electron chi connectivity index (χ1n) is 5.61. The molecule has 0 bridgehead atoms. The average molecular weight is 267 g/mol. The normalized spacial score (nSPS) is 11.4. The number of aryl methyl sites for hydroxylation is 1. The van der Waals surface area contributed by atoms with E-state index >= 15 is 0 Å². The predicted molar refractivity (Wildman–Crippen MR) is 66.8 cm³/mol. The van der Waals surface area contributed by atoms with Crippen LogP contribution in [0.1, 0.15) is 11.1 Å². The van der Waals surface area contributed by atoms with Crippen LogP contribution in [0.3, 0.4) is 0 Å². The summed E-state index contributed by atoms with van der Waals surface area (Å²) >= 11 is 0. The molecule has 1 aromatic carbocycles. The van der Waals surface area contributed by atoms with Gasteiger partial charge in [0.05, 0.1) is 11.3 Å². The van der Waals surface area contributed by atoms with Gasteiger partial charge in [0.2, 0.25) is 5.95 Å². The van der Waals surface area contributed by atoms with Crippen molar-refractivity contribution in [3.8, 4) is 11.3 Å². The molecule has 6 heteroatoms. The molecule has 2 rings (SSSR count). The van der Waals surface area contributed by atoms with E-state index in [1.54, 1.807) is 20.0 Å². The van der Waals surface area contributed by atoms with Crippen LogP contribution in [-0.2, 0) is 6.18 Å². The Morgan fingerprint density at radius 2 is 1.84 bits per heavy atom. The Morgan fingerprint density at radius 1 is 1.16 bits per heavy atom. The van der Waals surface area contributed by atoms with Crippen molar-refractivity contribution < 1.29 is 13.2 Å². The first-order valence-corrected chi connectivity index (χ1v) is 5.61. The highest BCUT2D eigenvalue weighted by Crippen LogP contribution is 2.37. The van der Waals surface area contributed by atoms with E-state index in [4.69, 9.17) is 0 Å². The van der Waals surface area contributed by atoms with Gasteiger partial charge < -0.3 is 5.32 Å². The summed E-state index contributed by atoms with van der Waals surface area (Å²) in [5.41, 5.74) is 0.244. The Labute approximate surface area is 108 Å². The van der Waals surface area contributed by atoms with E-state index in [9.17, 15) is 13.2 Å². The highest BCUT2D eigenvalue weighted by molar-refractivity contribution is 5.68. The monoisotopic (exact) mass is 267 g/mol. The van der Waals surface area contributed by atoms with E-state index in [1.807, 2.05) is 0 Å². The molecule has 19 heavy (non-hydrogen) atoms. The fraction of sp³-hybridized carbons (Fsp3) is 0.231. The second-order valence-electron chi connectivity index (χ2n) is 4.02. The molecule has 1 aromatic heterocycles. The number of rotatable bonds is 2. The summed E-state index contributed by atoms with van der Waals surface area (Å²) in [4.78, 5) is 8.08. The molecule has 1 heterocycles. The summed E-state index contributed by atoms with van der Waals surface area (Å²) in [5, 5.41) is 2.72. The molecule has 0 fully saturated rings. The van der Waals surface area contributed by atoms with Gasteiger partial charge in [0.1, 0.15) is 0 Å². The van der Waals surface area contributed by atoms with Crippen molar-refractivity contribution in [3.63, 3.8) is 0 Å². The molecule has 0 radical (unpaired) electrons. The highest BCUT2D eigenvalue weighted by Gasteiger charge is 2.34. The standard InChI is InChI=1S/C13H12F3N3/c1-8-7-18-12(17-2)19-11(8)9-5-3-4-6-10(9)13(14,15)16/h3-7H,1-2H3,(H,17,18,19). The van der Waals surface area contributed by atoms with Crippen molar-refractivity contribution in [2.24, 2.45) is 0 Å². The summed E-state index contributed by atoms with van der Waals surface area (Å²) in [6.45, 7) is 1.68. The van der Waals surface area contributed by atoms with Crippen LogP contribution in [0.15, 0.2) is 30.5 Å². The minimum absolute atomic E-state index is 0.0615. The third-order valence-electron chi connectivity index (χ3n) is 2.68. The van der Waals surface area contributed by atoms with E-state index in [0.717, 1.165) is 6.07 Å². The molecule has 0 aliphatic rings. The summed E-state index contributed by atoms with van der Waals surface area (Å²) in [7, 11) is 1.62. The molecule has 0 saturated carbocycles. The number of benzene rings is 1. The number of anilines is 1. The van der Waals surface area contributed by atoms with Gasteiger partial charge in [-0.2, -0.15) is 13.2 Å². The van der Waals surface area contributed by atoms with Gasteiger partial charge >= 0.3 is 6.18 Å². The van der Waals surface area contributed by atoms with Gasteiger partial charge in [0.25, 0.3) is 0 Å². The van der Waals surface area contributed by atoms with Gasteiger partial charge in [-0.15, -0.1) is 0 Å². The summed E-state index contributed by atoms with van der Waals surface area (Å²) < 4.78 is 39.0. The first-order chi connectivity index (χ1) is 8.93. The fourth-order valence-corrected chi connectivity index (χ4v) is 1.77. The van der Waals surface area contributed by atoms with E-state index in [1.165, 1.54) is 18.3 Å². The molecule has 0 saturated heterocycles. The van der Waals surface area contributed by atoms with Crippen LogP contribution >= 0.6 is 0 Å². The molecule has 0 aliphatic carbocycles. The lowest BCUT2D eigenvalue weighted by atomic mass is 10.0. The van der Waals surface area contributed by atoms with Crippen LogP contribution in [-0.4, -0.2) is 17.0 Å². The van der Waals surface area contributed by atoms with Crippen LogP contribution in [0.2, 0.25) is 0 Å². The molecule has 0 aliphatic heterocycles. The smallest absolute Gasteiger partial charge is 0.357 e. The van der Waals surface area contributed by atoms with E-state index in [-0.39, 0.29) is 17.2 Å². The van der Waals surface area contributed by atoms with Gasteiger partial charge in [-0.1, -0.05) is 18.2 Å². The van der Waals surface area contributed by atoms with Crippen molar-refractivity contribution >= 4 is 5.95 Å². The lowest BCUT2D eigenvalue weighted by Gasteiger charge is -2.14. The molecular weight excluding hydrogens is 255 g/mol. The molecule has 3 nitrogen and oxygen atoms in total. The molecule has 100 valence electrons. The molecule has 0 atom stereocenters. The zero-order chi connectivity index (χ0) is 14.0. The second kappa shape index (κ2) is 4.87. The number of hydrogen-bond acceptors (Lipinski definition) is 3. The number of halogens is 3. The average Bonchev–Trinajstić information content (AvgIpc) is 2.38. The minimum atomic E-state index is -4.41. The molecule has 1 N–H and O–H groups in total. The van der Waals surface area contributed by atoms with Gasteiger partial charge in [0.15, 0.2) is 0 Å². The molecule has 0 spiro atoms. The molecule has 0 amide bonds. The quantitative estimate of drug-likeness (QED) is 0.904. The molecular formula is C13H12F3N3. The highest BCUT2D eigenvalue weighted by atomic mass is 19.4. The van der Waals surface area contributed by atoms with Crippen molar-refractivity contribution in [2.45, 2.75) is 13.1 Å². The zero-order valence-electron chi connectivity index (χ0n) is 10.4. The van der Waals surface area contributed by atoms with Crippen molar-refractivity contribution in [1.82, 2.24) is 9.97 Å². The van der Waals surface area contributed by atoms with Gasteiger partial charge in [-0.25, -0.2) is 9.97 Å². The van der Waals surface area contributed by atoms with Crippen LogP contribution in [0.4, 0.5) is 19.1 Å². The van der Waals surface area contributed by atoms with Crippen LogP contribution in [0, 0.1) is 6.92 Å². The number of nitrogens with one attached hydrogen (secondary N) is 1. The number of hydrogen-bond donors (Lipinski definition) is 1. The Hall–Kier alpha value is -2.11. The summed E-state index contributed by atoms with van der Waals surface area (Å²) in [5.74, 6) is 0.289. The minimum Gasteiger partial charge on any atom is -0.357 e. The Bertz CT molecular complexity index is 594. The van der Waals surface area contributed by atoms with Gasteiger partial charge in [0, 0.05) is 18.8 Å². The maximum Gasteiger partial charge on any atom is 0.417 e. The molecule has 2 aromatic rings. The largest absolute Gasteiger partial charge is 0.417 e. The van der Waals surface area contributed by atoms with Crippen LogP contribution in [0.25, 0.3) is 11.3 Å². The lowest BCUT2D eigenvalue weighted by Crippen LogP contribution is -2.08. The third kappa shape index (κ3) is 2.67. The van der Waals surface area contributed by atoms with E-state index in [2.05, 4.69) is 15.3 Å². The van der Waals surface area contributed by atoms with Gasteiger partial charge in [-0.3, -0.25) is 0 Å². The van der Waals surface area contributed by atoms with Crippen molar-refractivity contribution in [3.05, 3.63) is 41.6 Å². The first kappa shape index (κ1) is 13.3. The summed E-state index contributed by atoms with van der Waals surface area (Å²) in [6.07, 6.45) is -2.91. The van der Waals surface area contributed by atoms with Crippen LogP contribution in [0.5, 0.6) is 0 Å². The Morgan fingerprint density at radius 3 is 2.47 bits per heavy atom. The third-order valence-corrected chi connectivity index (χ3v) is 2.68. The van der Waals surface area contributed by atoms with Gasteiger partial charge in [-0.05, 0) is 18.6 Å². The summed E-state index contributed by atoms with van der Waals surface area (Å²) in [6, 6.07) is 5.39. The fourth-order valence-electron chi connectivity index (χ4n) is 1.77. The maximum absolute atomic E-state index is 13.0. The number of alkyl halides is 3. The van der Waals surface area contributed by atoms with Crippen molar-refractivity contribution in [1.29, 1.82) is 0 Å². The Balaban J connectivity index is 2.65.